The van der Waals surface area contributed by atoms with Gasteiger partial charge in [0.1, 0.15) is 0 Å². The molecule has 2 aromatic rings. The van der Waals surface area contributed by atoms with Crippen molar-refractivity contribution < 1.29 is 13.2 Å². The van der Waals surface area contributed by atoms with Crippen LogP contribution in [0.25, 0.3) is 11.1 Å². The van der Waals surface area contributed by atoms with E-state index in [0.717, 1.165) is 6.07 Å². The molecule has 100 valence electrons. The molecule has 0 aliphatic rings. The van der Waals surface area contributed by atoms with E-state index in [1.165, 1.54) is 13.0 Å². The Morgan fingerprint density at radius 3 is 2.32 bits per heavy atom. The highest BCUT2D eigenvalue weighted by atomic mass is 35.5. The Hall–Kier alpha value is -1.68. The summed E-state index contributed by atoms with van der Waals surface area (Å²) >= 11 is 5.84. The second-order valence-electron chi connectivity index (χ2n) is 4.25. The smallest absolute Gasteiger partial charge is 0.398 e. The summed E-state index contributed by atoms with van der Waals surface area (Å²) in [6, 6.07) is 9.25. The Morgan fingerprint density at radius 2 is 1.74 bits per heavy atom. The summed E-state index contributed by atoms with van der Waals surface area (Å²) in [5.41, 5.74) is 6.10. The number of nitrogens with two attached hydrogens (primary N) is 1. The van der Waals surface area contributed by atoms with Crippen LogP contribution in [-0.4, -0.2) is 0 Å². The van der Waals surface area contributed by atoms with Gasteiger partial charge in [-0.25, -0.2) is 0 Å². The van der Waals surface area contributed by atoms with Crippen molar-refractivity contribution in [3.63, 3.8) is 0 Å². The predicted molar refractivity (Wildman–Crippen MR) is 71.0 cm³/mol. The Morgan fingerprint density at radius 1 is 1.05 bits per heavy atom. The molecule has 0 heterocycles. The van der Waals surface area contributed by atoms with E-state index in [1.54, 1.807) is 24.3 Å². The van der Waals surface area contributed by atoms with Gasteiger partial charge in [-0.1, -0.05) is 23.7 Å². The van der Waals surface area contributed by atoms with Gasteiger partial charge in [0, 0.05) is 10.7 Å². The third-order valence-electron chi connectivity index (χ3n) is 2.91. The normalized spacial score (nSPS) is 11.6. The van der Waals surface area contributed by atoms with Crippen LogP contribution in [0.15, 0.2) is 36.4 Å². The average molecular weight is 286 g/mol. The highest BCUT2D eigenvalue weighted by Gasteiger charge is 2.33. The van der Waals surface area contributed by atoms with Crippen LogP contribution in [0.3, 0.4) is 0 Å². The quantitative estimate of drug-likeness (QED) is 0.740. The van der Waals surface area contributed by atoms with Crippen molar-refractivity contribution >= 4 is 17.3 Å². The van der Waals surface area contributed by atoms with Crippen LogP contribution in [0.4, 0.5) is 18.9 Å². The molecule has 0 aliphatic heterocycles. The highest BCUT2D eigenvalue weighted by molar-refractivity contribution is 6.30. The van der Waals surface area contributed by atoms with Crippen LogP contribution in [0.5, 0.6) is 0 Å². The van der Waals surface area contributed by atoms with Gasteiger partial charge in [-0.3, -0.25) is 0 Å². The molecule has 0 spiro atoms. The topological polar surface area (TPSA) is 26.0 Å². The molecule has 5 heteroatoms. The van der Waals surface area contributed by atoms with E-state index in [1.807, 2.05) is 0 Å². The molecule has 0 atom stereocenters. The van der Waals surface area contributed by atoms with E-state index in [2.05, 4.69) is 0 Å². The Bertz CT molecular complexity index is 621. The number of alkyl halides is 3. The molecule has 0 radical (unpaired) electrons. The monoisotopic (exact) mass is 285 g/mol. The average Bonchev–Trinajstić information content (AvgIpc) is 2.31. The minimum Gasteiger partial charge on any atom is -0.398 e. The Kier molecular flexibility index (Phi) is 3.45. The molecule has 0 bridgehead atoms. The molecule has 19 heavy (non-hydrogen) atoms. The Balaban J connectivity index is 2.63. The van der Waals surface area contributed by atoms with E-state index in [4.69, 9.17) is 17.3 Å². The minimum absolute atomic E-state index is 0.0401. The number of nitrogen functional groups attached to an aromatic ring is 1. The third kappa shape index (κ3) is 2.84. The van der Waals surface area contributed by atoms with Crippen molar-refractivity contribution in [1.82, 2.24) is 0 Å². The summed E-state index contributed by atoms with van der Waals surface area (Å²) in [5, 5.41) is 0.463. The summed E-state index contributed by atoms with van der Waals surface area (Å²) in [4.78, 5) is 0. The number of rotatable bonds is 1. The zero-order valence-corrected chi connectivity index (χ0v) is 10.8. The molecular formula is C14H11ClF3N. The number of anilines is 1. The van der Waals surface area contributed by atoms with Crippen molar-refractivity contribution in [2.75, 3.05) is 5.73 Å². The summed E-state index contributed by atoms with van der Waals surface area (Å²) in [6.07, 6.45) is -4.42. The van der Waals surface area contributed by atoms with Gasteiger partial charge in [-0.15, -0.1) is 0 Å². The van der Waals surface area contributed by atoms with Gasteiger partial charge in [-0.05, 0) is 47.9 Å². The minimum atomic E-state index is -4.42. The van der Waals surface area contributed by atoms with Crippen LogP contribution in [0.2, 0.25) is 5.02 Å². The van der Waals surface area contributed by atoms with Crippen LogP contribution in [-0.2, 0) is 6.18 Å². The number of hydrogen-bond acceptors (Lipinski definition) is 1. The van der Waals surface area contributed by atoms with Gasteiger partial charge >= 0.3 is 6.18 Å². The molecule has 1 nitrogen and oxygen atoms in total. The fourth-order valence-electron chi connectivity index (χ4n) is 1.87. The molecule has 2 rings (SSSR count). The lowest BCUT2D eigenvalue weighted by molar-refractivity contribution is -0.137. The Labute approximate surface area is 113 Å². The molecular weight excluding hydrogens is 275 g/mol. The van der Waals surface area contributed by atoms with Gasteiger partial charge in [0.25, 0.3) is 0 Å². The summed E-state index contributed by atoms with van der Waals surface area (Å²) in [5.74, 6) is 0. The van der Waals surface area contributed by atoms with Crippen molar-refractivity contribution in [1.29, 1.82) is 0 Å². The molecule has 0 aromatic heterocycles. The van der Waals surface area contributed by atoms with Crippen molar-refractivity contribution in [2.24, 2.45) is 0 Å². The fourth-order valence-corrected chi connectivity index (χ4v) is 2.06. The van der Waals surface area contributed by atoms with E-state index < -0.39 is 11.7 Å². The van der Waals surface area contributed by atoms with Gasteiger partial charge in [0.15, 0.2) is 0 Å². The SMILES string of the molecule is Cc1c(N)cc(-c2cccc(Cl)c2)cc1C(F)(F)F. The van der Waals surface area contributed by atoms with E-state index >= 15 is 0 Å². The standard InChI is InChI=1S/C14H11ClF3N/c1-8-12(14(16,17)18)6-10(7-13(8)19)9-3-2-4-11(15)5-9/h2-7H,19H2,1H3. The molecule has 0 saturated heterocycles. The maximum Gasteiger partial charge on any atom is 0.416 e. The zero-order valence-electron chi connectivity index (χ0n) is 10.1. The molecule has 2 aromatic carbocycles. The fraction of sp³-hybridized carbons (Fsp3) is 0.143. The van der Waals surface area contributed by atoms with Crippen LogP contribution < -0.4 is 5.73 Å². The van der Waals surface area contributed by atoms with Crippen LogP contribution in [0.1, 0.15) is 11.1 Å². The van der Waals surface area contributed by atoms with Crippen molar-refractivity contribution in [3.8, 4) is 11.1 Å². The molecule has 0 aliphatic carbocycles. The largest absolute Gasteiger partial charge is 0.416 e. The summed E-state index contributed by atoms with van der Waals surface area (Å²) < 4.78 is 38.8. The predicted octanol–water partition coefficient (Wildman–Crippen LogP) is 4.92. The van der Waals surface area contributed by atoms with Crippen molar-refractivity contribution in [2.45, 2.75) is 13.1 Å². The van der Waals surface area contributed by atoms with Crippen LogP contribution >= 0.6 is 11.6 Å². The molecule has 0 amide bonds. The van der Waals surface area contributed by atoms with Gasteiger partial charge < -0.3 is 5.73 Å². The zero-order chi connectivity index (χ0) is 14.2. The van der Waals surface area contributed by atoms with Gasteiger partial charge in [-0.2, -0.15) is 13.2 Å². The molecule has 0 unspecified atom stereocenters. The first-order chi connectivity index (χ1) is 8.79. The van der Waals surface area contributed by atoms with E-state index in [0.29, 0.717) is 16.1 Å². The lowest BCUT2D eigenvalue weighted by atomic mass is 9.98. The number of hydrogen-bond donors (Lipinski definition) is 1. The molecule has 0 fully saturated rings. The first-order valence-electron chi connectivity index (χ1n) is 5.52. The summed E-state index contributed by atoms with van der Waals surface area (Å²) in [6.45, 7) is 1.36. The molecule has 2 N–H and O–H groups in total. The first-order valence-corrected chi connectivity index (χ1v) is 5.90. The maximum absolute atomic E-state index is 12.9. The number of benzene rings is 2. The summed E-state index contributed by atoms with van der Waals surface area (Å²) in [7, 11) is 0. The lowest BCUT2D eigenvalue weighted by Crippen LogP contribution is -2.09. The van der Waals surface area contributed by atoms with Gasteiger partial charge in [0.05, 0.1) is 5.56 Å². The lowest BCUT2D eigenvalue weighted by Gasteiger charge is -2.14. The maximum atomic E-state index is 12.9. The van der Waals surface area contributed by atoms with Crippen molar-refractivity contribution in [3.05, 3.63) is 52.5 Å². The van der Waals surface area contributed by atoms with Crippen LogP contribution in [0, 0.1) is 6.92 Å². The highest BCUT2D eigenvalue weighted by Crippen LogP contribution is 2.37. The second-order valence-corrected chi connectivity index (χ2v) is 4.68. The second kappa shape index (κ2) is 4.78. The molecule has 0 saturated carbocycles. The number of halogens is 4. The van der Waals surface area contributed by atoms with E-state index in [-0.39, 0.29) is 11.3 Å². The van der Waals surface area contributed by atoms with Gasteiger partial charge in [0.2, 0.25) is 0 Å². The first kappa shape index (κ1) is 13.7. The van der Waals surface area contributed by atoms with E-state index in [9.17, 15) is 13.2 Å². The third-order valence-corrected chi connectivity index (χ3v) is 3.15.